The Morgan fingerprint density at radius 1 is 1.27 bits per heavy atom. The van der Waals surface area contributed by atoms with Crippen molar-refractivity contribution < 1.29 is 19.1 Å². The van der Waals surface area contributed by atoms with E-state index < -0.39 is 5.97 Å². The van der Waals surface area contributed by atoms with Crippen molar-refractivity contribution in [1.82, 2.24) is 5.32 Å². The van der Waals surface area contributed by atoms with E-state index in [9.17, 15) is 9.59 Å². The maximum absolute atomic E-state index is 11.7. The van der Waals surface area contributed by atoms with Crippen LogP contribution in [-0.4, -0.2) is 19.5 Å². The minimum absolute atomic E-state index is 0.365. The molecule has 1 aliphatic rings. The Labute approximate surface area is 127 Å². The van der Waals surface area contributed by atoms with Gasteiger partial charge in [0.05, 0.1) is 18.7 Å². The summed E-state index contributed by atoms with van der Waals surface area (Å²) in [5, 5.41) is 2.81. The van der Waals surface area contributed by atoms with Crippen LogP contribution in [0, 0.1) is 0 Å². The fourth-order valence-electron chi connectivity index (χ4n) is 2.67. The largest absolute Gasteiger partial charge is 0.489 e. The summed E-state index contributed by atoms with van der Waals surface area (Å²) in [7, 11) is 1.33. The van der Waals surface area contributed by atoms with Crippen LogP contribution in [0.15, 0.2) is 42.5 Å². The number of rotatable bonds is 3. The van der Waals surface area contributed by atoms with Crippen LogP contribution in [0.1, 0.15) is 33.1 Å². The fourth-order valence-corrected chi connectivity index (χ4v) is 2.67. The van der Waals surface area contributed by atoms with Crippen molar-refractivity contribution in [1.29, 1.82) is 0 Å². The Morgan fingerprint density at radius 3 is 2.86 bits per heavy atom. The molecule has 0 aliphatic carbocycles. The van der Waals surface area contributed by atoms with Crippen molar-refractivity contribution in [3.05, 3.63) is 64.7 Å². The first-order valence-electron chi connectivity index (χ1n) is 6.87. The van der Waals surface area contributed by atoms with E-state index in [0.717, 1.165) is 16.7 Å². The second-order valence-electron chi connectivity index (χ2n) is 4.95. The van der Waals surface area contributed by atoms with E-state index in [-0.39, 0.29) is 6.04 Å². The van der Waals surface area contributed by atoms with Crippen LogP contribution in [0.4, 0.5) is 0 Å². The molecule has 5 nitrogen and oxygen atoms in total. The number of carbonyl (C=O) groups excluding carboxylic acids is 2. The summed E-state index contributed by atoms with van der Waals surface area (Å²) in [6, 6.07) is 12.5. The molecule has 2 aromatic rings. The summed E-state index contributed by atoms with van der Waals surface area (Å²) < 4.78 is 10.6. The van der Waals surface area contributed by atoms with Gasteiger partial charge in [-0.15, -0.1) is 0 Å². The second kappa shape index (κ2) is 5.89. The number of benzene rings is 2. The first-order chi connectivity index (χ1) is 10.7. The van der Waals surface area contributed by atoms with Crippen LogP contribution in [0.25, 0.3) is 0 Å². The zero-order valence-electron chi connectivity index (χ0n) is 12.0. The SMILES string of the molecule is COC(=O)c1ccc2c(c1)C(NC=O)c1ccccc1CO2. The minimum atomic E-state index is -0.426. The Balaban J connectivity index is 2.15. The molecule has 1 heterocycles. The van der Waals surface area contributed by atoms with Gasteiger partial charge in [0.25, 0.3) is 0 Å². The zero-order chi connectivity index (χ0) is 15.5. The third kappa shape index (κ3) is 2.41. The molecule has 0 aromatic heterocycles. The van der Waals surface area contributed by atoms with Gasteiger partial charge < -0.3 is 14.8 Å². The molecule has 1 amide bonds. The van der Waals surface area contributed by atoms with Gasteiger partial charge in [0.1, 0.15) is 12.4 Å². The van der Waals surface area contributed by atoms with Gasteiger partial charge in [-0.05, 0) is 29.3 Å². The van der Waals surface area contributed by atoms with Crippen molar-refractivity contribution in [2.75, 3.05) is 7.11 Å². The quantitative estimate of drug-likeness (QED) is 0.697. The van der Waals surface area contributed by atoms with Crippen LogP contribution in [0.3, 0.4) is 0 Å². The Kier molecular flexibility index (Phi) is 3.78. The van der Waals surface area contributed by atoms with Crippen molar-refractivity contribution >= 4 is 12.4 Å². The number of nitrogens with one attached hydrogen (secondary N) is 1. The van der Waals surface area contributed by atoms with Crippen molar-refractivity contribution in [2.45, 2.75) is 12.6 Å². The van der Waals surface area contributed by atoms with Crippen LogP contribution in [-0.2, 0) is 16.1 Å². The molecule has 2 aromatic carbocycles. The number of methoxy groups -OCH3 is 1. The summed E-state index contributed by atoms with van der Waals surface area (Å²) in [6.45, 7) is 0.414. The summed E-state index contributed by atoms with van der Waals surface area (Å²) in [5.74, 6) is 0.216. The van der Waals surface area contributed by atoms with Crippen molar-refractivity contribution in [3.63, 3.8) is 0 Å². The molecule has 22 heavy (non-hydrogen) atoms. The molecule has 112 valence electrons. The first kappa shape index (κ1) is 14.1. The highest BCUT2D eigenvalue weighted by molar-refractivity contribution is 5.90. The van der Waals surface area contributed by atoms with Crippen LogP contribution in [0.5, 0.6) is 5.75 Å². The molecule has 1 atom stereocenters. The lowest BCUT2D eigenvalue weighted by Crippen LogP contribution is -2.21. The molecule has 1 N–H and O–H groups in total. The maximum Gasteiger partial charge on any atom is 0.337 e. The van der Waals surface area contributed by atoms with E-state index in [2.05, 4.69) is 5.32 Å². The van der Waals surface area contributed by atoms with Gasteiger partial charge in [0.15, 0.2) is 0 Å². The zero-order valence-corrected chi connectivity index (χ0v) is 12.0. The van der Waals surface area contributed by atoms with Crippen molar-refractivity contribution in [3.8, 4) is 5.75 Å². The highest BCUT2D eigenvalue weighted by Gasteiger charge is 2.25. The molecule has 3 rings (SSSR count). The summed E-state index contributed by atoms with van der Waals surface area (Å²) in [4.78, 5) is 22.8. The number of carbonyl (C=O) groups is 2. The summed E-state index contributed by atoms with van der Waals surface area (Å²) >= 11 is 0. The number of hydrogen-bond donors (Lipinski definition) is 1. The first-order valence-corrected chi connectivity index (χ1v) is 6.87. The maximum atomic E-state index is 11.7. The normalized spacial score (nSPS) is 15.6. The Morgan fingerprint density at radius 2 is 2.09 bits per heavy atom. The Hall–Kier alpha value is -2.82. The van der Waals surface area contributed by atoms with E-state index in [1.807, 2.05) is 24.3 Å². The average Bonchev–Trinajstić information content (AvgIpc) is 2.72. The summed E-state index contributed by atoms with van der Waals surface area (Å²) in [5.41, 5.74) is 3.11. The fraction of sp³-hybridized carbons (Fsp3) is 0.176. The molecular formula is C17H15NO4. The highest BCUT2D eigenvalue weighted by Crippen LogP contribution is 2.36. The minimum Gasteiger partial charge on any atom is -0.489 e. The number of fused-ring (bicyclic) bond motifs is 2. The smallest absolute Gasteiger partial charge is 0.337 e. The molecule has 5 heteroatoms. The van der Waals surface area contributed by atoms with E-state index in [4.69, 9.17) is 9.47 Å². The van der Waals surface area contributed by atoms with E-state index >= 15 is 0 Å². The predicted octanol–water partition coefficient (Wildman–Crippen LogP) is 2.20. The van der Waals surface area contributed by atoms with E-state index in [1.165, 1.54) is 7.11 Å². The van der Waals surface area contributed by atoms with Crippen LogP contribution < -0.4 is 10.1 Å². The molecule has 1 unspecified atom stereocenters. The molecule has 0 saturated carbocycles. The topological polar surface area (TPSA) is 64.6 Å². The van der Waals surface area contributed by atoms with Gasteiger partial charge in [-0.3, -0.25) is 4.79 Å². The summed E-state index contributed by atoms with van der Waals surface area (Å²) in [6.07, 6.45) is 0.654. The number of hydrogen-bond acceptors (Lipinski definition) is 4. The standard InChI is InChI=1S/C17H15NO4/c1-21-17(20)11-6-7-15-14(8-11)16(18-10-19)13-5-3-2-4-12(13)9-22-15/h2-8,10,16H,9H2,1H3,(H,18,19). The number of amides is 1. The molecule has 0 saturated heterocycles. The number of esters is 1. The number of ether oxygens (including phenoxy) is 2. The van der Waals surface area contributed by atoms with Gasteiger partial charge >= 0.3 is 5.97 Å². The second-order valence-corrected chi connectivity index (χ2v) is 4.95. The molecule has 0 radical (unpaired) electrons. The highest BCUT2D eigenvalue weighted by atomic mass is 16.5. The van der Waals surface area contributed by atoms with E-state index in [0.29, 0.717) is 24.3 Å². The van der Waals surface area contributed by atoms with Gasteiger partial charge in [0, 0.05) is 5.56 Å². The Bertz CT molecular complexity index is 726. The van der Waals surface area contributed by atoms with Crippen LogP contribution >= 0.6 is 0 Å². The molecule has 1 aliphatic heterocycles. The third-order valence-electron chi connectivity index (χ3n) is 3.73. The monoisotopic (exact) mass is 297 g/mol. The van der Waals surface area contributed by atoms with Gasteiger partial charge in [0.2, 0.25) is 6.41 Å². The molecule has 0 spiro atoms. The van der Waals surface area contributed by atoms with Gasteiger partial charge in [-0.25, -0.2) is 4.79 Å². The molecule has 0 bridgehead atoms. The van der Waals surface area contributed by atoms with E-state index in [1.54, 1.807) is 18.2 Å². The van der Waals surface area contributed by atoms with Gasteiger partial charge in [-0.2, -0.15) is 0 Å². The average molecular weight is 297 g/mol. The molecule has 0 fully saturated rings. The predicted molar refractivity (Wildman–Crippen MR) is 79.6 cm³/mol. The lowest BCUT2D eigenvalue weighted by atomic mass is 9.94. The van der Waals surface area contributed by atoms with Gasteiger partial charge in [-0.1, -0.05) is 24.3 Å². The lowest BCUT2D eigenvalue weighted by molar-refractivity contribution is -0.110. The van der Waals surface area contributed by atoms with Crippen LogP contribution in [0.2, 0.25) is 0 Å². The third-order valence-corrected chi connectivity index (χ3v) is 3.73. The molecular weight excluding hydrogens is 282 g/mol. The lowest BCUT2D eigenvalue weighted by Gasteiger charge is -2.18. The van der Waals surface area contributed by atoms with Crippen molar-refractivity contribution in [2.24, 2.45) is 0 Å².